The number of hydrogen-bond donors (Lipinski definition) is 0. The summed E-state index contributed by atoms with van der Waals surface area (Å²) in [6.07, 6.45) is 47.7. The van der Waals surface area contributed by atoms with Crippen molar-refractivity contribution in [1.29, 1.82) is 0 Å². The van der Waals surface area contributed by atoms with Crippen LogP contribution in [0.1, 0.15) is 233 Å². The Kier molecular flexibility index (Phi) is 29.6. The molecule has 0 aromatic heterocycles. The fourth-order valence-corrected chi connectivity index (χ4v) is 7.45. The Morgan fingerprint density at radius 2 is 0.791 bits per heavy atom. The smallest absolute Gasteiger partial charge is 0.247 e. The Hall–Kier alpha value is -0.530. The van der Waals surface area contributed by atoms with Crippen molar-refractivity contribution in [2.24, 2.45) is 0 Å². The Morgan fingerprint density at radius 3 is 1.14 bits per heavy atom. The van der Waals surface area contributed by atoms with Crippen LogP contribution in [0.25, 0.3) is 0 Å². The summed E-state index contributed by atoms with van der Waals surface area (Å²) in [4.78, 5) is 2.83. The summed E-state index contributed by atoms with van der Waals surface area (Å²) in [7, 11) is 2.35. The van der Waals surface area contributed by atoms with Gasteiger partial charge in [-0.3, -0.25) is 9.48 Å². The van der Waals surface area contributed by atoms with Crippen LogP contribution in [0.3, 0.4) is 0 Å². The van der Waals surface area contributed by atoms with Crippen molar-refractivity contribution in [3.8, 4) is 0 Å². The van der Waals surface area contributed by atoms with Gasteiger partial charge >= 0.3 is 0 Å². The van der Waals surface area contributed by atoms with Gasteiger partial charge in [-0.05, 0) is 25.7 Å². The quantitative estimate of drug-likeness (QED) is 0.0524. The molecule has 1 unspecified atom stereocenters. The zero-order valence-corrected chi connectivity index (χ0v) is 30.7. The third kappa shape index (κ3) is 23.5. The van der Waals surface area contributed by atoms with Crippen LogP contribution in [0.2, 0.25) is 0 Å². The summed E-state index contributed by atoms with van der Waals surface area (Å²) >= 11 is 0. The van der Waals surface area contributed by atoms with E-state index in [1.165, 1.54) is 225 Å². The third-order valence-electron chi connectivity index (χ3n) is 10.5. The van der Waals surface area contributed by atoms with Crippen LogP contribution in [-0.4, -0.2) is 41.5 Å². The van der Waals surface area contributed by atoms with E-state index < -0.39 is 0 Å². The third-order valence-corrected chi connectivity index (χ3v) is 10.5. The van der Waals surface area contributed by atoms with Crippen LogP contribution < -0.4 is 0 Å². The number of hydrogen-bond acceptors (Lipinski definition) is 1. The first-order valence-electron chi connectivity index (χ1n) is 20.6. The van der Waals surface area contributed by atoms with Gasteiger partial charge < -0.3 is 0 Å². The fraction of sp³-hybridized carbons (Fsp3) is 0.976. The minimum absolute atomic E-state index is 0.776. The average molecular weight is 604 g/mol. The Balaban J connectivity index is 1.99. The van der Waals surface area contributed by atoms with Crippen molar-refractivity contribution in [2.75, 3.05) is 20.1 Å². The molecular formula is C41H83N2+. The highest BCUT2D eigenvalue weighted by Gasteiger charge is 2.33. The summed E-state index contributed by atoms with van der Waals surface area (Å²) in [6, 6.07) is 0.776. The molecule has 1 aliphatic heterocycles. The van der Waals surface area contributed by atoms with Crippen molar-refractivity contribution < 1.29 is 4.58 Å². The molecule has 0 N–H and O–H groups in total. The average Bonchev–Trinajstić information content (AvgIpc) is 3.38. The van der Waals surface area contributed by atoms with Crippen molar-refractivity contribution >= 4 is 5.84 Å². The van der Waals surface area contributed by atoms with Gasteiger partial charge in [0.05, 0.1) is 13.1 Å². The van der Waals surface area contributed by atoms with E-state index in [1.807, 2.05) is 0 Å². The standard InChI is InChI=1S/C41H83N2/c1-5-8-10-12-14-16-18-20-22-24-26-28-30-32-34-36-40(7-3)43-39-38-42(4)41(43)37-35-33-31-29-27-25-23-21-19-17-15-13-11-9-6-2/h40H,5-39H2,1-4H3/q+1. The maximum absolute atomic E-state index is 2.83. The van der Waals surface area contributed by atoms with E-state index in [4.69, 9.17) is 0 Å². The van der Waals surface area contributed by atoms with Crippen LogP contribution in [0.4, 0.5) is 0 Å². The van der Waals surface area contributed by atoms with Gasteiger partial charge in [-0.15, -0.1) is 0 Å². The molecule has 1 heterocycles. The molecule has 0 aromatic carbocycles. The van der Waals surface area contributed by atoms with Gasteiger partial charge in [-0.25, -0.2) is 0 Å². The zero-order valence-electron chi connectivity index (χ0n) is 30.7. The Bertz CT molecular complexity index is 597. The Labute approximate surface area is 273 Å². The summed E-state index contributed by atoms with van der Waals surface area (Å²) in [5.74, 6) is 1.67. The minimum Gasteiger partial charge on any atom is -0.264 e. The largest absolute Gasteiger partial charge is 0.264 e. The van der Waals surface area contributed by atoms with Gasteiger partial charge in [-0.1, -0.05) is 201 Å². The number of amidine groups is 1. The summed E-state index contributed by atoms with van der Waals surface area (Å²) in [6.45, 7) is 9.56. The van der Waals surface area contributed by atoms with Crippen molar-refractivity contribution in [3.63, 3.8) is 0 Å². The van der Waals surface area contributed by atoms with Crippen LogP contribution in [0, 0.1) is 0 Å². The summed E-state index contributed by atoms with van der Waals surface area (Å²) < 4.78 is 2.58. The predicted octanol–water partition coefficient (Wildman–Crippen LogP) is 13.6. The molecule has 0 amide bonds. The van der Waals surface area contributed by atoms with Crippen LogP contribution >= 0.6 is 0 Å². The lowest BCUT2D eigenvalue weighted by Gasteiger charge is -2.23. The second-order valence-electron chi connectivity index (χ2n) is 14.5. The van der Waals surface area contributed by atoms with Crippen LogP contribution in [-0.2, 0) is 0 Å². The highest BCUT2D eigenvalue weighted by atomic mass is 15.3. The van der Waals surface area contributed by atoms with E-state index in [1.54, 1.807) is 5.84 Å². The fourth-order valence-electron chi connectivity index (χ4n) is 7.45. The van der Waals surface area contributed by atoms with Gasteiger partial charge in [0, 0.05) is 6.42 Å². The molecule has 0 saturated heterocycles. The molecular weight excluding hydrogens is 520 g/mol. The highest BCUT2D eigenvalue weighted by molar-refractivity contribution is 5.78. The summed E-state index contributed by atoms with van der Waals surface area (Å²) in [5, 5.41) is 0. The second kappa shape index (κ2) is 31.5. The molecule has 1 rings (SSSR count). The highest BCUT2D eigenvalue weighted by Crippen LogP contribution is 2.21. The number of nitrogens with zero attached hydrogens (tertiary/aromatic N) is 2. The number of rotatable bonds is 34. The normalized spacial score (nSPS) is 14.4. The second-order valence-corrected chi connectivity index (χ2v) is 14.5. The van der Waals surface area contributed by atoms with Gasteiger partial charge in [0.1, 0.15) is 13.1 Å². The molecule has 0 saturated carbocycles. The van der Waals surface area contributed by atoms with E-state index in [0.29, 0.717) is 0 Å². The first-order chi connectivity index (χ1) is 21.2. The molecule has 2 heteroatoms. The molecule has 0 spiro atoms. The van der Waals surface area contributed by atoms with Crippen LogP contribution in [0.5, 0.6) is 0 Å². The monoisotopic (exact) mass is 604 g/mol. The maximum atomic E-state index is 2.83. The summed E-state index contributed by atoms with van der Waals surface area (Å²) in [5.41, 5.74) is 0. The lowest BCUT2D eigenvalue weighted by atomic mass is 10.0. The van der Waals surface area contributed by atoms with Crippen molar-refractivity contribution in [2.45, 2.75) is 239 Å². The SMILES string of the molecule is CCCCCCCCCCCCCCCCCC1=[N+](C)CCN1C(CC)CCCCCCCCCCCCCCCCC. The molecule has 256 valence electrons. The number of unbranched alkanes of at least 4 members (excludes halogenated alkanes) is 28. The zero-order chi connectivity index (χ0) is 31.1. The lowest BCUT2D eigenvalue weighted by Crippen LogP contribution is -2.38. The molecule has 43 heavy (non-hydrogen) atoms. The predicted molar refractivity (Wildman–Crippen MR) is 196 cm³/mol. The molecule has 0 aromatic rings. The molecule has 2 nitrogen and oxygen atoms in total. The van der Waals surface area contributed by atoms with E-state index in [2.05, 4.69) is 37.3 Å². The molecule has 0 aliphatic carbocycles. The molecule has 0 radical (unpaired) electrons. The number of likely N-dealkylation sites (N-methyl/N-ethyl adjacent to an activating group) is 1. The van der Waals surface area contributed by atoms with E-state index in [-0.39, 0.29) is 0 Å². The van der Waals surface area contributed by atoms with Crippen molar-refractivity contribution in [3.05, 3.63) is 0 Å². The minimum atomic E-state index is 0.776. The first-order valence-corrected chi connectivity index (χ1v) is 20.6. The van der Waals surface area contributed by atoms with E-state index >= 15 is 0 Å². The van der Waals surface area contributed by atoms with E-state index in [9.17, 15) is 0 Å². The van der Waals surface area contributed by atoms with E-state index in [0.717, 1.165) is 6.04 Å². The topological polar surface area (TPSA) is 6.25 Å². The van der Waals surface area contributed by atoms with Gasteiger partial charge in [0.2, 0.25) is 5.84 Å². The lowest BCUT2D eigenvalue weighted by molar-refractivity contribution is -0.487. The maximum Gasteiger partial charge on any atom is 0.247 e. The van der Waals surface area contributed by atoms with Crippen molar-refractivity contribution in [1.82, 2.24) is 4.90 Å². The van der Waals surface area contributed by atoms with Gasteiger partial charge in [-0.2, -0.15) is 0 Å². The molecule has 0 fully saturated rings. The van der Waals surface area contributed by atoms with Gasteiger partial charge in [0.15, 0.2) is 0 Å². The first kappa shape index (κ1) is 40.5. The molecule has 1 aliphatic rings. The molecule has 1 atom stereocenters. The van der Waals surface area contributed by atoms with Crippen LogP contribution in [0.15, 0.2) is 0 Å². The molecule has 0 bridgehead atoms. The Morgan fingerprint density at radius 1 is 0.465 bits per heavy atom. The van der Waals surface area contributed by atoms with Gasteiger partial charge in [0.25, 0.3) is 0 Å².